The van der Waals surface area contributed by atoms with Crippen molar-refractivity contribution in [3.05, 3.63) is 35.6 Å². The van der Waals surface area contributed by atoms with Gasteiger partial charge in [-0.2, -0.15) is 0 Å². The van der Waals surface area contributed by atoms with E-state index in [4.69, 9.17) is 0 Å². The minimum atomic E-state index is -3.09. The van der Waals surface area contributed by atoms with Gasteiger partial charge in [0, 0.05) is 26.2 Å². The van der Waals surface area contributed by atoms with E-state index in [-0.39, 0.29) is 17.0 Å². The van der Waals surface area contributed by atoms with Crippen molar-refractivity contribution >= 4 is 10.0 Å². The van der Waals surface area contributed by atoms with Crippen molar-refractivity contribution < 1.29 is 12.8 Å². The summed E-state index contributed by atoms with van der Waals surface area (Å²) >= 11 is 0. The van der Waals surface area contributed by atoms with Crippen molar-refractivity contribution in [1.29, 1.82) is 0 Å². The molecule has 1 atom stereocenters. The van der Waals surface area contributed by atoms with E-state index < -0.39 is 10.0 Å². The summed E-state index contributed by atoms with van der Waals surface area (Å²) in [6.45, 7) is 6.00. The number of hydrogen-bond acceptors (Lipinski definition) is 3. The summed E-state index contributed by atoms with van der Waals surface area (Å²) in [5.41, 5.74) is 1.21. The first-order chi connectivity index (χ1) is 11.4. The molecule has 134 valence electrons. The van der Waals surface area contributed by atoms with Crippen molar-refractivity contribution in [2.24, 2.45) is 5.41 Å². The van der Waals surface area contributed by atoms with E-state index in [1.54, 1.807) is 4.31 Å². The lowest BCUT2D eigenvalue weighted by Crippen LogP contribution is -2.45. The Morgan fingerprint density at radius 1 is 1.12 bits per heavy atom. The SMILES string of the molecule is CCCS(=O)(=O)N1CCC2(CCCN(Cc3ccc(F)cc3)C2)C1. The number of likely N-dealkylation sites (tertiary alicyclic amines) is 1. The van der Waals surface area contributed by atoms with Gasteiger partial charge >= 0.3 is 0 Å². The van der Waals surface area contributed by atoms with Crippen molar-refractivity contribution in [2.45, 2.75) is 39.2 Å². The number of rotatable bonds is 5. The lowest BCUT2D eigenvalue weighted by molar-refractivity contribution is 0.0935. The molecule has 0 radical (unpaired) electrons. The second kappa shape index (κ2) is 7.10. The third-order valence-corrected chi connectivity index (χ3v) is 7.34. The van der Waals surface area contributed by atoms with Gasteiger partial charge in [0.15, 0.2) is 0 Å². The minimum absolute atomic E-state index is 0.0963. The first-order valence-electron chi connectivity index (χ1n) is 8.87. The second-order valence-electron chi connectivity index (χ2n) is 7.34. The molecule has 0 saturated carbocycles. The maximum absolute atomic E-state index is 13.0. The number of piperidine rings is 1. The molecule has 0 amide bonds. The lowest BCUT2D eigenvalue weighted by atomic mass is 9.79. The Bertz CT molecular complexity index is 662. The number of nitrogens with zero attached hydrogens (tertiary/aromatic N) is 2. The van der Waals surface area contributed by atoms with E-state index in [0.29, 0.717) is 19.5 Å². The Labute approximate surface area is 144 Å². The maximum Gasteiger partial charge on any atom is 0.214 e. The molecule has 6 heteroatoms. The van der Waals surface area contributed by atoms with Gasteiger partial charge in [0.25, 0.3) is 0 Å². The summed E-state index contributed by atoms with van der Waals surface area (Å²) in [4.78, 5) is 2.40. The van der Waals surface area contributed by atoms with Crippen LogP contribution in [0.3, 0.4) is 0 Å². The van der Waals surface area contributed by atoms with Gasteiger partial charge < -0.3 is 0 Å². The van der Waals surface area contributed by atoms with Crippen LogP contribution in [0.4, 0.5) is 4.39 Å². The Balaban J connectivity index is 1.64. The molecule has 2 saturated heterocycles. The van der Waals surface area contributed by atoms with E-state index in [0.717, 1.165) is 44.5 Å². The van der Waals surface area contributed by atoms with Crippen LogP contribution >= 0.6 is 0 Å². The van der Waals surface area contributed by atoms with Crippen LogP contribution in [0.2, 0.25) is 0 Å². The molecule has 1 spiro atoms. The summed E-state index contributed by atoms with van der Waals surface area (Å²) < 4.78 is 39.4. The number of benzene rings is 1. The summed E-state index contributed by atoms with van der Waals surface area (Å²) in [7, 11) is -3.09. The van der Waals surface area contributed by atoms with Crippen LogP contribution in [-0.2, 0) is 16.6 Å². The van der Waals surface area contributed by atoms with E-state index in [2.05, 4.69) is 4.90 Å². The third-order valence-electron chi connectivity index (χ3n) is 5.32. The predicted molar refractivity (Wildman–Crippen MR) is 93.6 cm³/mol. The summed E-state index contributed by atoms with van der Waals surface area (Å²) in [6.07, 6.45) is 3.83. The predicted octanol–water partition coefficient (Wildman–Crippen LogP) is 2.85. The largest absolute Gasteiger partial charge is 0.298 e. The van der Waals surface area contributed by atoms with E-state index in [1.165, 1.54) is 12.1 Å². The van der Waals surface area contributed by atoms with Crippen molar-refractivity contribution in [2.75, 3.05) is 31.9 Å². The van der Waals surface area contributed by atoms with E-state index in [1.807, 2.05) is 19.1 Å². The smallest absolute Gasteiger partial charge is 0.214 e. The molecular formula is C18H27FN2O2S. The molecule has 1 aromatic carbocycles. The molecule has 1 unspecified atom stereocenters. The second-order valence-corrected chi connectivity index (χ2v) is 9.43. The van der Waals surface area contributed by atoms with Gasteiger partial charge in [0.2, 0.25) is 10.0 Å². The van der Waals surface area contributed by atoms with Gasteiger partial charge in [-0.1, -0.05) is 19.1 Å². The van der Waals surface area contributed by atoms with E-state index in [9.17, 15) is 12.8 Å². The van der Waals surface area contributed by atoms with Gasteiger partial charge in [-0.25, -0.2) is 17.1 Å². The van der Waals surface area contributed by atoms with Crippen LogP contribution in [0.5, 0.6) is 0 Å². The number of halogens is 1. The average molecular weight is 354 g/mol. The molecule has 0 bridgehead atoms. The Morgan fingerprint density at radius 2 is 1.88 bits per heavy atom. The first-order valence-corrected chi connectivity index (χ1v) is 10.5. The fourth-order valence-electron chi connectivity index (χ4n) is 4.14. The standard InChI is InChI=1S/C18H27FN2O2S/c1-2-12-24(22,23)21-11-9-18(15-21)8-3-10-20(14-18)13-16-4-6-17(19)7-5-16/h4-7H,2-3,8-15H2,1H3. The highest BCUT2D eigenvalue weighted by Gasteiger charge is 2.44. The van der Waals surface area contributed by atoms with Gasteiger partial charge in [-0.05, 0) is 55.3 Å². The molecule has 3 rings (SSSR count). The highest BCUT2D eigenvalue weighted by molar-refractivity contribution is 7.89. The van der Waals surface area contributed by atoms with Crippen LogP contribution in [0.15, 0.2) is 24.3 Å². The molecule has 0 N–H and O–H groups in total. The lowest BCUT2D eigenvalue weighted by Gasteiger charge is -2.40. The molecule has 2 fully saturated rings. The number of sulfonamides is 1. The summed E-state index contributed by atoms with van der Waals surface area (Å²) in [5.74, 6) is 0.0453. The number of hydrogen-bond donors (Lipinski definition) is 0. The zero-order chi connectivity index (χ0) is 17.2. The third kappa shape index (κ3) is 3.98. The molecule has 2 heterocycles. The van der Waals surface area contributed by atoms with Gasteiger partial charge in [-0.3, -0.25) is 4.90 Å². The molecule has 24 heavy (non-hydrogen) atoms. The summed E-state index contributed by atoms with van der Waals surface area (Å²) in [5, 5.41) is 0. The average Bonchev–Trinajstić information content (AvgIpc) is 2.94. The van der Waals surface area contributed by atoms with Gasteiger partial charge in [0.05, 0.1) is 5.75 Å². The zero-order valence-corrected chi connectivity index (χ0v) is 15.2. The molecular weight excluding hydrogens is 327 g/mol. The zero-order valence-electron chi connectivity index (χ0n) is 14.4. The minimum Gasteiger partial charge on any atom is -0.298 e. The van der Waals surface area contributed by atoms with Crippen LogP contribution in [0, 0.1) is 11.2 Å². The summed E-state index contributed by atoms with van der Waals surface area (Å²) in [6, 6.07) is 6.68. The molecule has 2 aliphatic heterocycles. The quantitative estimate of drug-likeness (QED) is 0.816. The topological polar surface area (TPSA) is 40.6 Å². The molecule has 1 aromatic rings. The Morgan fingerprint density at radius 3 is 2.58 bits per heavy atom. The van der Waals surface area contributed by atoms with Crippen LogP contribution in [-0.4, -0.2) is 49.6 Å². The molecule has 0 aromatic heterocycles. The maximum atomic E-state index is 13.0. The van der Waals surface area contributed by atoms with Crippen molar-refractivity contribution in [3.8, 4) is 0 Å². The highest BCUT2D eigenvalue weighted by atomic mass is 32.2. The first kappa shape index (κ1) is 17.8. The molecule has 0 aliphatic carbocycles. The monoisotopic (exact) mass is 354 g/mol. The van der Waals surface area contributed by atoms with E-state index >= 15 is 0 Å². The normalized spacial score (nSPS) is 26.2. The van der Waals surface area contributed by atoms with Crippen molar-refractivity contribution in [3.63, 3.8) is 0 Å². The fraction of sp³-hybridized carbons (Fsp3) is 0.667. The molecule has 2 aliphatic rings. The fourth-order valence-corrected chi connectivity index (χ4v) is 5.76. The van der Waals surface area contributed by atoms with Crippen LogP contribution < -0.4 is 0 Å². The van der Waals surface area contributed by atoms with Crippen LogP contribution in [0.1, 0.15) is 38.2 Å². The highest BCUT2D eigenvalue weighted by Crippen LogP contribution is 2.40. The Hall–Kier alpha value is -0.980. The molecule has 4 nitrogen and oxygen atoms in total. The van der Waals surface area contributed by atoms with Crippen molar-refractivity contribution in [1.82, 2.24) is 9.21 Å². The van der Waals surface area contributed by atoms with Crippen LogP contribution in [0.25, 0.3) is 0 Å². The van der Waals surface area contributed by atoms with Gasteiger partial charge in [-0.15, -0.1) is 0 Å². The Kier molecular flexibility index (Phi) is 5.27. The van der Waals surface area contributed by atoms with Gasteiger partial charge in [0.1, 0.15) is 5.82 Å².